The zero-order valence-corrected chi connectivity index (χ0v) is 11.9. The number of ketones is 1. The first kappa shape index (κ1) is 14.8. The van der Waals surface area contributed by atoms with Crippen molar-refractivity contribution in [3.05, 3.63) is 53.6 Å². The minimum Gasteiger partial charge on any atom is -0.508 e. The van der Waals surface area contributed by atoms with Gasteiger partial charge in [-0.25, -0.2) is 0 Å². The molecule has 1 heterocycles. The van der Waals surface area contributed by atoms with Gasteiger partial charge in [0.05, 0.1) is 6.42 Å². The zero-order chi connectivity index (χ0) is 16.6. The van der Waals surface area contributed by atoms with Gasteiger partial charge in [0.25, 0.3) is 0 Å². The molecule has 2 aromatic rings. The molecule has 6 heteroatoms. The Bertz CT molecular complexity index is 809. The average Bonchev–Trinajstić information content (AvgIpc) is 2.51. The van der Waals surface area contributed by atoms with E-state index < -0.39 is 6.10 Å². The van der Waals surface area contributed by atoms with Gasteiger partial charge in [0.1, 0.15) is 23.4 Å². The van der Waals surface area contributed by atoms with Crippen molar-refractivity contribution >= 4 is 11.5 Å². The van der Waals surface area contributed by atoms with Crippen LogP contribution in [0.4, 0.5) is 0 Å². The summed E-state index contributed by atoms with van der Waals surface area (Å²) in [6, 6.07) is 8.05. The number of aromatic hydroxyl groups is 4. The number of allylic oxidation sites excluding steroid dienone is 1. The minimum absolute atomic E-state index is 0.0184. The maximum Gasteiger partial charge on any atom is 0.163 e. The second-order valence-corrected chi connectivity index (χ2v) is 5.23. The molecule has 6 nitrogen and oxygen atoms in total. The monoisotopic (exact) mass is 314 g/mol. The van der Waals surface area contributed by atoms with Gasteiger partial charge in [0.15, 0.2) is 17.3 Å². The molecule has 0 saturated carbocycles. The summed E-state index contributed by atoms with van der Waals surface area (Å²) >= 11 is 0. The first-order valence-electron chi connectivity index (χ1n) is 6.89. The molecule has 4 N–H and O–H groups in total. The highest BCUT2D eigenvalue weighted by Gasteiger charge is 2.27. The second kappa shape index (κ2) is 5.57. The molecule has 118 valence electrons. The number of ether oxygens (including phenoxy) is 1. The number of hydrogen-bond acceptors (Lipinski definition) is 6. The Morgan fingerprint density at radius 1 is 0.913 bits per heavy atom. The van der Waals surface area contributed by atoms with Crippen molar-refractivity contribution in [1.29, 1.82) is 0 Å². The highest BCUT2D eigenvalue weighted by Crippen LogP contribution is 2.39. The van der Waals surface area contributed by atoms with Crippen molar-refractivity contribution in [1.82, 2.24) is 0 Å². The SMILES string of the molecule is O=C1C=C(c2ccc(O)c(O)c2)OC(c2cc(O)ccc2O)C1. The number of carbonyl (C=O) groups excluding carboxylic acids is 1. The van der Waals surface area contributed by atoms with E-state index in [1.54, 1.807) is 0 Å². The lowest BCUT2D eigenvalue weighted by Crippen LogP contribution is -2.15. The summed E-state index contributed by atoms with van der Waals surface area (Å²) in [4.78, 5) is 12.0. The Labute approximate surface area is 131 Å². The molecule has 0 aromatic heterocycles. The maximum atomic E-state index is 12.0. The number of hydrogen-bond donors (Lipinski definition) is 4. The molecule has 0 bridgehead atoms. The molecular formula is C17H14O6. The van der Waals surface area contributed by atoms with Crippen LogP contribution in [0.3, 0.4) is 0 Å². The molecule has 1 aliphatic rings. The maximum absolute atomic E-state index is 12.0. The molecule has 0 aliphatic carbocycles. The van der Waals surface area contributed by atoms with Crippen LogP contribution in [0.15, 0.2) is 42.5 Å². The van der Waals surface area contributed by atoms with E-state index >= 15 is 0 Å². The van der Waals surface area contributed by atoms with Crippen molar-refractivity contribution < 1.29 is 30.0 Å². The van der Waals surface area contributed by atoms with E-state index in [2.05, 4.69) is 0 Å². The largest absolute Gasteiger partial charge is 0.508 e. The van der Waals surface area contributed by atoms with Gasteiger partial charge in [-0.3, -0.25) is 4.79 Å². The van der Waals surface area contributed by atoms with E-state index in [9.17, 15) is 25.2 Å². The number of benzene rings is 2. The molecule has 1 atom stereocenters. The predicted molar refractivity (Wildman–Crippen MR) is 81.0 cm³/mol. The van der Waals surface area contributed by atoms with Gasteiger partial charge in [0.2, 0.25) is 0 Å². The molecule has 3 rings (SSSR count). The quantitative estimate of drug-likeness (QED) is 0.501. The smallest absolute Gasteiger partial charge is 0.163 e. The van der Waals surface area contributed by atoms with Crippen LogP contribution in [-0.2, 0) is 9.53 Å². The molecule has 1 aliphatic heterocycles. The van der Waals surface area contributed by atoms with Gasteiger partial charge >= 0.3 is 0 Å². The van der Waals surface area contributed by atoms with Crippen molar-refractivity contribution in [3.63, 3.8) is 0 Å². The summed E-state index contributed by atoms with van der Waals surface area (Å²) in [6.07, 6.45) is 0.553. The summed E-state index contributed by atoms with van der Waals surface area (Å²) < 4.78 is 5.74. The van der Waals surface area contributed by atoms with Crippen LogP contribution < -0.4 is 0 Å². The van der Waals surface area contributed by atoms with E-state index in [1.165, 1.54) is 42.5 Å². The normalized spacial score (nSPS) is 17.5. The fourth-order valence-electron chi connectivity index (χ4n) is 2.42. The van der Waals surface area contributed by atoms with Gasteiger partial charge < -0.3 is 25.2 Å². The van der Waals surface area contributed by atoms with Crippen molar-refractivity contribution in [2.75, 3.05) is 0 Å². The van der Waals surface area contributed by atoms with Gasteiger partial charge in [-0.05, 0) is 36.4 Å². The fraction of sp³-hybridized carbons (Fsp3) is 0.118. The van der Waals surface area contributed by atoms with E-state index in [1.807, 2.05) is 0 Å². The zero-order valence-electron chi connectivity index (χ0n) is 11.9. The molecule has 0 radical (unpaired) electrons. The second-order valence-electron chi connectivity index (χ2n) is 5.23. The molecule has 0 amide bonds. The van der Waals surface area contributed by atoms with Gasteiger partial charge in [-0.1, -0.05) is 0 Å². The van der Waals surface area contributed by atoms with Crippen molar-refractivity contribution in [2.45, 2.75) is 12.5 Å². The van der Waals surface area contributed by atoms with Crippen LogP contribution in [0.2, 0.25) is 0 Å². The standard InChI is InChI=1S/C17H14O6/c18-10-2-4-13(20)12(6-10)17-8-11(19)7-16(23-17)9-1-3-14(21)15(22)5-9/h1-7,17-18,20-22H,8H2. The van der Waals surface area contributed by atoms with Crippen LogP contribution in [0.5, 0.6) is 23.0 Å². The highest BCUT2D eigenvalue weighted by molar-refractivity contribution is 5.97. The number of rotatable bonds is 2. The molecule has 2 aromatic carbocycles. The summed E-state index contributed by atoms with van der Waals surface area (Å²) in [5.41, 5.74) is 0.713. The van der Waals surface area contributed by atoms with Crippen LogP contribution >= 0.6 is 0 Å². The molecule has 23 heavy (non-hydrogen) atoms. The van der Waals surface area contributed by atoms with Crippen molar-refractivity contribution in [2.24, 2.45) is 0 Å². The Balaban J connectivity index is 1.96. The third-order valence-corrected chi connectivity index (χ3v) is 3.57. The topological polar surface area (TPSA) is 107 Å². The summed E-state index contributed by atoms with van der Waals surface area (Å²) in [5, 5.41) is 38.4. The van der Waals surface area contributed by atoms with Gasteiger partial charge in [-0.15, -0.1) is 0 Å². The highest BCUT2D eigenvalue weighted by atomic mass is 16.5. The first-order chi connectivity index (χ1) is 10.9. The lowest BCUT2D eigenvalue weighted by molar-refractivity contribution is -0.117. The van der Waals surface area contributed by atoms with E-state index in [0.29, 0.717) is 11.1 Å². The molecule has 0 saturated heterocycles. The van der Waals surface area contributed by atoms with Crippen LogP contribution in [-0.4, -0.2) is 26.2 Å². The van der Waals surface area contributed by atoms with E-state index in [4.69, 9.17) is 4.74 Å². The summed E-state index contributed by atoms with van der Waals surface area (Å²) in [6.45, 7) is 0. The summed E-state index contributed by atoms with van der Waals surface area (Å²) in [7, 11) is 0. The predicted octanol–water partition coefficient (Wildman–Crippen LogP) is 2.58. The molecule has 0 spiro atoms. The Hall–Kier alpha value is -3.15. The van der Waals surface area contributed by atoms with Crippen LogP contribution in [0.1, 0.15) is 23.7 Å². The molecule has 0 fully saturated rings. The lowest BCUT2D eigenvalue weighted by atomic mass is 9.98. The van der Waals surface area contributed by atoms with Crippen LogP contribution in [0, 0.1) is 0 Å². The third-order valence-electron chi connectivity index (χ3n) is 3.57. The number of carbonyl (C=O) groups is 1. The lowest BCUT2D eigenvalue weighted by Gasteiger charge is -2.25. The first-order valence-corrected chi connectivity index (χ1v) is 6.89. The van der Waals surface area contributed by atoms with E-state index in [-0.39, 0.29) is 41.0 Å². The van der Waals surface area contributed by atoms with Gasteiger partial charge in [0, 0.05) is 17.2 Å². The van der Waals surface area contributed by atoms with E-state index in [0.717, 1.165) is 0 Å². The Kier molecular flexibility index (Phi) is 3.57. The number of phenolic OH excluding ortho intramolecular Hbond substituents is 4. The molecular weight excluding hydrogens is 300 g/mol. The Morgan fingerprint density at radius 2 is 1.65 bits per heavy atom. The van der Waals surface area contributed by atoms with Crippen molar-refractivity contribution in [3.8, 4) is 23.0 Å². The summed E-state index contributed by atoms with van der Waals surface area (Å²) in [5.74, 6) is -0.751. The fourth-order valence-corrected chi connectivity index (χ4v) is 2.42. The van der Waals surface area contributed by atoms with Crippen LogP contribution in [0.25, 0.3) is 5.76 Å². The Morgan fingerprint density at radius 3 is 2.39 bits per heavy atom. The average molecular weight is 314 g/mol. The third kappa shape index (κ3) is 2.91. The number of phenols is 4. The minimum atomic E-state index is -0.759. The van der Waals surface area contributed by atoms with Gasteiger partial charge in [-0.2, -0.15) is 0 Å². The molecule has 1 unspecified atom stereocenters.